The summed E-state index contributed by atoms with van der Waals surface area (Å²) in [6, 6.07) is 4.64. The molecule has 2 rings (SSSR count). The smallest absolute Gasteiger partial charge is 0.0468 e. The van der Waals surface area contributed by atoms with Gasteiger partial charge in [0.2, 0.25) is 0 Å². The molecule has 0 amide bonds. The van der Waals surface area contributed by atoms with Crippen LogP contribution in [0.25, 0.3) is 0 Å². The molecule has 1 aliphatic rings. The van der Waals surface area contributed by atoms with Crippen LogP contribution in [0.15, 0.2) is 12.1 Å². The number of hydrogen-bond donors (Lipinski definition) is 1. The van der Waals surface area contributed by atoms with Gasteiger partial charge in [-0.25, -0.2) is 0 Å². The highest BCUT2D eigenvalue weighted by molar-refractivity contribution is 7.12. The minimum atomic E-state index is 0.230. The average Bonchev–Trinajstić information content (AvgIpc) is 2.79. The summed E-state index contributed by atoms with van der Waals surface area (Å²) in [6.45, 7) is 4.03. The first-order valence-electron chi connectivity index (χ1n) is 6.21. The van der Waals surface area contributed by atoms with Crippen molar-refractivity contribution in [2.45, 2.75) is 38.6 Å². The molecule has 0 aromatic carbocycles. The molecule has 1 saturated heterocycles. The third kappa shape index (κ3) is 3.06. The van der Waals surface area contributed by atoms with E-state index in [4.69, 9.17) is 10.5 Å². The number of thiophene rings is 1. The van der Waals surface area contributed by atoms with Gasteiger partial charge in [0.05, 0.1) is 0 Å². The lowest BCUT2D eigenvalue weighted by Crippen LogP contribution is -2.21. The highest BCUT2D eigenvalue weighted by Crippen LogP contribution is 2.29. The van der Waals surface area contributed by atoms with Gasteiger partial charge in [-0.2, -0.15) is 0 Å². The third-order valence-corrected chi connectivity index (χ3v) is 4.69. The Hall–Kier alpha value is -0.380. The van der Waals surface area contributed by atoms with Crippen molar-refractivity contribution in [2.24, 2.45) is 11.7 Å². The van der Waals surface area contributed by atoms with Crippen LogP contribution in [0.1, 0.15) is 42.0 Å². The lowest BCUT2D eigenvalue weighted by molar-refractivity contribution is 0.0619. The van der Waals surface area contributed by atoms with E-state index < -0.39 is 0 Å². The molecule has 0 saturated carbocycles. The van der Waals surface area contributed by atoms with Crippen LogP contribution in [-0.4, -0.2) is 13.2 Å². The van der Waals surface area contributed by atoms with Crippen LogP contribution in [0.5, 0.6) is 0 Å². The van der Waals surface area contributed by atoms with Crippen LogP contribution in [0.2, 0.25) is 0 Å². The maximum absolute atomic E-state index is 6.26. The van der Waals surface area contributed by atoms with E-state index >= 15 is 0 Å². The molecule has 0 spiro atoms. The zero-order valence-electron chi connectivity index (χ0n) is 9.95. The lowest BCUT2D eigenvalue weighted by Gasteiger charge is -2.24. The van der Waals surface area contributed by atoms with E-state index in [2.05, 4.69) is 19.1 Å². The van der Waals surface area contributed by atoms with Crippen molar-refractivity contribution >= 4 is 11.3 Å². The zero-order valence-corrected chi connectivity index (χ0v) is 10.8. The third-order valence-electron chi connectivity index (χ3n) is 3.32. The Labute approximate surface area is 102 Å². The monoisotopic (exact) mass is 239 g/mol. The van der Waals surface area contributed by atoms with Gasteiger partial charge < -0.3 is 10.5 Å². The highest BCUT2D eigenvalue weighted by atomic mass is 32.1. The second-order valence-corrected chi connectivity index (χ2v) is 5.76. The van der Waals surface area contributed by atoms with Crippen LogP contribution in [0, 0.1) is 5.92 Å². The molecule has 1 unspecified atom stereocenters. The van der Waals surface area contributed by atoms with Crippen LogP contribution < -0.4 is 5.73 Å². The molecule has 0 radical (unpaired) electrons. The largest absolute Gasteiger partial charge is 0.381 e. The molecule has 2 N–H and O–H groups in total. The Kier molecular flexibility index (Phi) is 4.38. The van der Waals surface area contributed by atoms with Gasteiger partial charge in [0, 0.05) is 29.0 Å². The van der Waals surface area contributed by atoms with Crippen LogP contribution in [0.4, 0.5) is 0 Å². The maximum Gasteiger partial charge on any atom is 0.0468 e. The highest BCUT2D eigenvalue weighted by Gasteiger charge is 2.18. The summed E-state index contributed by atoms with van der Waals surface area (Å²) in [5.74, 6) is 0.760. The quantitative estimate of drug-likeness (QED) is 0.876. The Morgan fingerprint density at radius 2 is 2.19 bits per heavy atom. The van der Waals surface area contributed by atoms with Gasteiger partial charge in [-0.05, 0) is 43.7 Å². The summed E-state index contributed by atoms with van der Waals surface area (Å²) in [6.07, 6.45) is 4.60. The van der Waals surface area contributed by atoms with Crippen molar-refractivity contribution in [1.82, 2.24) is 0 Å². The number of rotatable bonds is 4. The summed E-state index contributed by atoms with van der Waals surface area (Å²) in [4.78, 5) is 2.79. The molecule has 1 aromatic heterocycles. The average molecular weight is 239 g/mol. The van der Waals surface area contributed by atoms with Gasteiger partial charge in [0.1, 0.15) is 0 Å². The summed E-state index contributed by atoms with van der Waals surface area (Å²) >= 11 is 1.87. The van der Waals surface area contributed by atoms with Crippen LogP contribution in [0.3, 0.4) is 0 Å². The molecule has 0 bridgehead atoms. The summed E-state index contributed by atoms with van der Waals surface area (Å²) in [7, 11) is 0. The van der Waals surface area contributed by atoms with Crippen LogP contribution >= 0.6 is 11.3 Å². The van der Waals surface area contributed by atoms with E-state index in [1.807, 2.05) is 11.3 Å². The van der Waals surface area contributed by atoms with Gasteiger partial charge >= 0.3 is 0 Å². The van der Waals surface area contributed by atoms with E-state index in [0.29, 0.717) is 0 Å². The fourth-order valence-electron chi connectivity index (χ4n) is 2.24. The van der Waals surface area contributed by atoms with Gasteiger partial charge in [0.15, 0.2) is 0 Å². The van der Waals surface area contributed by atoms with Gasteiger partial charge in [-0.15, -0.1) is 11.3 Å². The summed E-state index contributed by atoms with van der Waals surface area (Å²) < 4.78 is 5.37. The SMILES string of the molecule is CCc1ccc(C(N)CC2CCOCC2)s1. The predicted molar refractivity (Wildman–Crippen MR) is 68.8 cm³/mol. The first kappa shape index (κ1) is 12.1. The standard InChI is InChI=1S/C13H21NOS/c1-2-11-3-4-13(16-11)12(14)9-10-5-7-15-8-6-10/h3-4,10,12H,2,5-9,14H2,1H3. The molecule has 0 aliphatic carbocycles. The molecule has 1 atom stereocenters. The van der Waals surface area contributed by atoms with E-state index in [-0.39, 0.29) is 6.04 Å². The minimum Gasteiger partial charge on any atom is -0.381 e. The number of aryl methyl sites for hydroxylation is 1. The minimum absolute atomic E-state index is 0.230. The molecule has 16 heavy (non-hydrogen) atoms. The molecule has 2 nitrogen and oxygen atoms in total. The van der Waals surface area contributed by atoms with Gasteiger partial charge in [-0.3, -0.25) is 0 Å². The maximum atomic E-state index is 6.26. The molecular formula is C13H21NOS. The first-order chi connectivity index (χ1) is 7.79. The summed E-state index contributed by atoms with van der Waals surface area (Å²) in [5.41, 5.74) is 6.26. The number of nitrogens with two attached hydrogens (primary N) is 1. The zero-order chi connectivity index (χ0) is 11.4. The fourth-order valence-corrected chi connectivity index (χ4v) is 3.21. The van der Waals surface area contributed by atoms with E-state index in [9.17, 15) is 0 Å². The number of ether oxygens (including phenoxy) is 1. The topological polar surface area (TPSA) is 35.2 Å². The van der Waals surface area contributed by atoms with Crippen molar-refractivity contribution in [3.8, 4) is 0 Å². The lowest BCUT2D eigenvalue weighted by atomic mass is 9.92. The van der Waals surface area contributed by atoms with E-state index in [0.717, 1.165) is 32.0 Å². The van der Waals surface area contributed by atoms with E-state index in [1.165, 1.54) is 22.6 Å². The molecule has 2 heterocycles. The van der Waals surface area contributed by atoms with Gasteiger partial charge in [-0.1, -0.05) is 6.92 Å². The van der Waals surface area contributed by atoms with Crippen molar-refractivity contribution in [3.63, 3.8) is 0 Å². The van der Waals surface area contributed by atoms with Crippen molar-refractivity contribution in [1.29, 1.82) is 0 Å². The second kappa shape index (κ2) is 5.80. The predicted octanol–water partition coefficient (Wildman–Crippen LogP) is 3.13. The Balaban J connectivity index is 1.88. The number of hydrogen-bond acceptors (Lipinski definition) is 3. The molecule has 90 valence electrons. The van der Waals surface area contributed by atoms with E-state index in [1.54, 1.807) is 0 Å². The Morgan fingerprint density at radius 3 is 2.81 bits per heavy atom. The summed E-state index contributed by atoms with van der Waals surface area (Å²) in [5, 5.41) is 0. The van der Waals surface area contributed by atoms with Crippen LogP contribution in [-0.2, 0) is 11.2 Å². The Morgan fingerprint density at radius 1 is 1.44 bits per heavy atom. The molecule has 1 fully saturated rings. The Bertz CT molecular complexity index is 317. The molecule has 3 heteroatoms. The van der Waals surface area contributed by atoms with Crippen molar-refractivity contribution in [2.75, 3.05) is 13.2 Å². The van der Waals surface area contributed by atoms with Crippen molar-refractivity contribution in [3.05, 3.63) is 21.9 Å². The second-order valence-electron chi connectivity index (χ2n) is 4.56. The van der Waals surface area contributed by atoms with Crippen molar-refractivity contribution < 1.29 is 4.74 Å². The molecular weight excluding hydrogens is 218 g/mol. The molecule has 1 aliphatic heterocycles. The molecule has 1 aromatic rings. The normalized spacial score (nSPS) is 19.9. The van der Waals surface area contributed by atoms with Gasteiger partial charge in [0.25, 0.3) is 0 Å². The first-order valence-corrected chi connectivity index (χ1v) is 7.03. The fraction of sp³-hybridized carbons (Fsp3) is 0.692.